The SMILES string of the molecule is Cc1cc(NCc2c[nH]c3ncccc23)ccc1F. The molecule has 0 saturated carbocycles. The van der Waals surface area contributed by atoms with Gasteiger partial charge in [0.2, 0.25) is 0 Å². The lowest BCUT2D eigenvalue weighted by molar-refractivity contribution is 0.618. The molecule has 0 aliphatic rings. The van der Waals surface area contributed by atoms with Crippen LogP contribution in [0, 0.1) is 12.7 Å². The molecule has 2 N–H and O–H groups in total. The number of anilines is 1. The molecule has 1 aromatic carbocycles. The van der Waals surface area contributed by atoms with Crippen LogP contribution in [0.15, 0.2) is 42.7 Å². The van der Waals surface area contributed by atoms with Gasteiger partial charge in [-0.2, -0.15) is 0 Å². The van der Waals surface area contributed by atoms with Crippen molar-refractivity contribution in [3.63, 3.8) is 0 Å². The minimum Gasteiger partial charge on any atom is -0.381 e. The van der Waals surface area contributed by atoms with Gasteiger partial charge in [-0.05, 0) is 48.4 Å². The van der Waals surface area contributed by atoms with Crippen LogP contribution in [0.25, 0.3) is 11.0 Å². The predicted molar refractivity (Wildman–Crippen MR) is 74.6 cm³/mol. The largest absolute Gasteiger partial charge is 0.381 e. The first-order valence-corrected chi connectivity index (χ1v) is 6.15. The van der Waals surface area contributed by atoms with Gasteiger partial charge in [-0.3, -0.25) is 0 Å². The standard InChI is InChI=1S/C15H14FN3/c1-10-7-12(4-5-14(10)16)18-8-11-9-19-15-13(11)3-2-6-17-15/h2-7,9,18H,8H2,1H3,(H,17,19). The average Bonchev–Trinajstić information content (AvgIpc) is 2.83. The fraction of sp³-hybridized carbons (Fsp3) is 0.133. The van der Waals surface area contributed by atoms with Crippen LogP contribution < -0.4 is 5.32 Å². The van der Waals surface area contributed by atoms with E-state index in [1.165, 1.54) is 6.07 Å². The highest BCUT2D eigenvalue weighted by Crippen LogP contribution is 2.18. The molecule has 3 nitrogen and oxygen atoms in total. The summed E-state index contributed by atoms with van der Waals surface area (Å²) in [4.78, 5) is 7.38. The molecule has 0 spiro atoms. The molecular weight excluding hydrogens is 241 g/mol. The van der Waals surface area contributed by atoms with Crippen molar-refractivity contribution in [1.29, 1.82) is 0 Å². The van der Waals surface area contributed by atoms with Gasteiger partial charge in [0.1, 0.15) is 11.5 Å². The normalized spacial score (nSPS) is 10.8. The fourth-order valence-corrected chi connectivity index (χ4v) is 2.11. The lowest BCUT2D eigenvalue weighted by Gasteiger charge is -2.07. The lowest BCUT2D eigenvalue weighted by atomic mass is 10.2. The molecule has 0 unspecified atom stereocenters. The number of H-pyrrole nitrogens is 1. The van der Waals surface area contributed by atoms with Gasteiger partial charge in [0.05, 0.1) is 0 Å². The molecule has 0 aliphatic carbocycles. The molecule has 2 aromatic heterocycles. The number of hydrogen-bond donors (Lipinski definition) is 2. The van der Waals surface area contributed by atoms with Gasteiger partial charge in [-0.25, -0.2) is 9.37 Å². The molecule has 0 aliphatic heterocycles. The maximum absolute atomic E-state index is 13.2. The minimum atomic E-state index is -0.179. The van der Waals surface area contributed by atoms with Crippen LogP contribution in [0.2, 0.25) is 0 Å². The van der Waals surface area contributed by atoms with Gasteiger partial charge in [-0.15, -0.1) is 0 Å². The molecule has 0 fully saturated rings. The van der Waals surface area contributed by atoms with Crippen molar-refractivity contribution in [3.05, 3.63) is 59.7 Å². The van der Waals surface area contributed by atoms with E-state index in [1.54, 1.807) is 19.2 Å². The van der Waals surface area contributed by atoms with E-state index in [9.17, 15) is 4.39 Å². The number of benzene rings is 1. The molecule has 4 heteroatoms. The van der Waals surface area contributed by atoms with Crippen LogP contribution in [-0.4, -0.2) is 9.97 Å². The molecule has 3 aromatic rings. The molecule has 19 heavy (non-hydrogen) atoms. The van der Waals surface area contributed by atoms with Crippen molar-refractivity contribution in [1.82, 2.24) is 9.97 Å². The minimum absolute atomic E-state index is 0.179. The molecule has 0 saturated heterocycles. The van der Waals surface area contributed by atoms with Crippen LogP contribution in [0.3, 0.4) is 0 Å². The highest BCUT2D eigenvalue weighted by atomic mass is 19.1. The Morgan fingerprint density at radius 3 is 3.05 bits per heavy atom. The Labute approximate surface area is 110 Å². The van der Waals surface area contributed by atoms with E-state index in [0.717, 1.165) is 22.3 Å². The summed E-state index contributed by atoms with van der Waals surface area (Å²) >= 11 is 0. The maximum atomic E-state index is 13.2. The summed E-state index contributed by atoms with van der Waals surface area (Å²) in [6.45, 7) is 2.44. The number of aromatic nitrogens is 2. The van der Waals surface area contributed by atoms with Gasteiger partial charge >= 0.3 is 0 Å². The van der Waals surface area contributed by atoms with Crippen molar-refractivity contribution < 1.29 is 4.39 Å². The third kappa shape index (κ3) is 2.29. The quantitative estimate of drug-likeness (QED) is 0.750. The van der Waals surface area contributed by atoms with E-state index >= 15 is 0 Å². The summed E-state index contributed by atoms with van der Waals surface area (Å²) in [6.07, 6.45) is 3.71. The molecule has 3 rings (SSSR count). The maximum Gasteiger partial charge on any atom is 0.137 e. The second-order valence-corrected chi connectivity index (χ2v) is 4.53. The third-order valence-electron chi connectivity index (χ3n) is 3.18. The van der Waals surface area contributed by atoms with Crippen LogP contribution in [0.4, 0.5) is 10.1 Å². The van der Waals surface area contributed by atoms with Crippen molar-refractivity contribution in [2.75, 3.05) is 5.32 Å². The Kier molecular flexibility index (Phi) is 2.91. The van der Waals surface area contributed by atoms with Crippen LogP contribution in [0.5, 0.6) is 0 Å². The fourth-order valence-electron chi connectivity index (χ4n) is 2.11. The number of hydrogen-bond acceptors (Lipinski definition) is 2. The van der Waals surface area contributed by atoms with Gasteiger partial charge < -0.3 is 10.3 Å². The van der Waals surface area contributed by atoms with Crippen LogP contribution in [0.1, 0.15) is 11.1 Å². The molecule has 0 radical (unpaired) electrons. The molecule has 0 bridgehead atoms. The van der Waals surface area contributed by atoms with E-state index < -0.39 is 0 Å². The summed E-state index contributed by atoms with van der Waals surface area (Å²) in [5, 5.41) is 4.40. The smallest absolute Gasteiger partial charge is 0.137 e. The van der Waals surface area contributed by atoms with Crippen molar-refractivity contribution >= 4 is 16.7 Å². The number of halogens is 1. The van der Waals surface area contributed by atoms with Gasteiger partial charge in [-0.1, -0.05) is 0 Å². The molecular formula is C15H14FN3. The zero-order chi connectivity index (χ0) is 13.2. The predicted octanol–water partition coefficient (Wildman–Crippen LogP) is 3.62. The van der Waals surface area contributed by atoms with Gasteiger partial charge in [0, 0.05) is 30.0 Å². The van der Waals surface area contributed by atoms with E-state index in [2.05, 4.69) is 15.3 Å². The molecule has 96 valence electrons. The molecule has 0 atom stereocenters. The number of aromatic amines is 1. The first-order valence-electron chi connectivity index (χ1n) is 6.15. The Morgan fingerprint density at radius 1 is 1.32 bits per heavy atom. The number of nitrogens with one attached hydrogen (secondary N) is 2. The van der Waals surface area contributed by atoms with Crippen LogP contribution >= 0.6 is 0 Å². The second-order valence-electron chi connectivity index (χ2n) is 4.53. The highest BCUT2D eigenvalue weighted by molar-refractivity contribution is 5.79. The highest BCUT2D eigenvalue weighted by Gasteiger charge is 2.04. The topological polar surface area (TPSA) is 40.7 Å². The third-order valence-corrected chi connectivity index (χ3v) is 3.18. The summed E-state index contributed by atoms with van der Waals surface area (Å²) in [6, 6.07) is 8.99. The summed E-state index contributed by atoms with van der Waals surface area (Å²) < 4.78 is 13.2. The van der Waals surface area contributed by atoms with Crippen molar-refractivity contribution in [3.8, 4) is 0 Å². The van der Waals surface area contributed by atoms with E-state index in [1.807, 2.05) is 24.4 Å². The lowest BCUT2D eigenvalue weighted by Crippen LogP contribution is -1.99. The number of fused-ring (bicyclic) bond motifs is 1. The average molecular weight is 255 g/mol. The Balaban J connectivity index is 1.80. The van der Waals surface area contributed by atoms with E-state index in [0.29, 0.717) is 12.1 Å². The zero-order valence-electron chi connectivity index (χ0n) is 10.6. The number of pyridine rings is 1. The number of aryl methyl sites for hydroxylation is 1. The molecule has 2 heterocycles. The first kappa shape index (κ1) is 11.7. The molecule has 0 amide bonds. The number of nitrogens with zero attached hydrogens (tertiary/aromatic N) is 1. The Morgan fingerprint density at radius 2 is 2.21 bits per heavy atom. The Bertz CT molecular complexity index is 718. The summed E-state index contributed by atoms with van der Waals surface area (Å²) in [7, 11) is 0. The summed E-state index contributed by atoms with van der Waals surface area (Å²) in [5.74, 6) is -0.179. The van der Waals surface area contributed by atoms with Crippen molar-refractivity contribution in [2.24, 2.45) is 0 Å². The van der Waals surface area contributed by atoms with E-state index in [4.69, 9.17) is 0 Å². The van der Waals surface area contributed by atoms with Gasteiger partial charge in [0.25, 0.3) is 0 Å². The monoisotopic (exact) mass is 255 g/mol. The Hall–Kier alpha value is -2.36. The van der Waals surface area contributed by atoms with Crippen molar-refractivity contribution in [2.45, 2.75) is 13.5 Å². The summed E-state index contributed by atoms with van der Waals surface area (Å²) in [5.41, 5.74) is 3.59. The van der Waals surface area contributed by atoms with E-state index in [-0.39, 0.29) is 5.82 Å². The zero-order valence-corrected chi connectivity index (χ0v) is 10.6. The number of rotatable bonds is 3. The first-order chi connectivity index (χ1) is 9.24. The van der Waals surface area contributed by atoms with Gasteiger partial charge in [0.15, 0.2) is 0 Å². The second kappa shape index (κ2) is 4.72. The van der Waals surface area contributed by atoms with Crippen LogP contribution in [-0.2, 0) is 6.54 Å².